The fourth-order valence-corrected chi connectivity index (χ4v) is 3.18. The highest BCUT2D eigenvalue weighted by atomic mass is 16.7. The molecule has 0 radical (unpaired) electrons. The average Bonchev–Trinajstić information content (AvgIpc) is 3.04. The quantitative estimate of drug-likeness (QED) is 0.376. The van der Waals surface area contributed by atoms with Crippen molar-refractivity contribution in [1.29, 1.82) is 0 Å². The van der Waals surface area contributed by atoms with Gasteiger partial charge in [0.1, 0.15) is 12.7 Å². The smallest absolute Gasteiger partial charge is 0.349 e. The number of hydrogen-bond acceptors (Lipinski definition) is 9. The van der Waals surface area contributed by atoms with Gasteiger partial charge in [0, 0.05) is 31.7 Å². The van der Waals surface area contributed by atoms with Crippen LogP contribution in [0.1, 0.15) is 65.5 Å². The normalized spacial score (nSPS) is 22.7. The van der Waals surface area contributed by atoms with Gasteiger partial charge in [0.2, 0.25) is 0 Å². The Morgan fingerprint density at radius 2 is 1.55 bits per heavy atom. The summed E-state index contributed by atoms with van der Waals surface area (Å²) in [5.41, 5.74) is -0.619. The largest absolute Gasteiger partial charge is 0.463 e. The molecule has 0 saturated carbocycles. The molecule has 172 valence electrons. The molecule has 0 aromatic carbocycles. The number of hydrogen-bond donors (Lipinski definition) is 0. The van der Waals surface area contributed by atoms with Gasteiger partial charge < -0.3 is 18.9 Å². The molecule has 10 nitrogen and oxygen atoms in total. The lowest BCUT2D eigenvalue weighted by Crippen LogP contribution is -2.42. The Morgan fingerprint density at radius 3 is 2.13 bits per heavy atom. The summed E-state index contributed by atoms with van der Waals surface area (Å²) in [6.45, 7) is 5.28. The highest BCUT2D eigenvalue weighted by Gasteiger charge is 2.51. The zero-order valence-corrected chi connectivity index (χ0v) is 18.2. The van der Waals surface area contributed by atoms with Crippen molar-refractivity contribution in [3.05, 3.63) is 28.9 Å². The Morgan fingerprint density at radius 1 is 0.968 bits per heavy atom. The van der Waals surface area contributed by atoms with Crippen molar-refractivity contribution in [1.82, 2.24) is 9.55 Å². The van der Waals surface area contributed by atoms with Crippen LogP contribution >= 0.6 is 0 Å². The maximum atomic E-state index is 12.3. The molecule has 0 bridgehead atoms. The lowest BCUT2D eigenvalue weighted by Gasteiger charge is -2.24. The van der Waals surface area contributed by atoms with E-state index in [0.29, 0.717) is 19.3 Å². The molecule has 0 spiro atoms. The third-order valence-corrected chi connectivity index (χ3v) is 4.60. The number of carbonyl (C=O) groups is 3. The number of carbonyl (C=O) groups excluding carboxylic acids is 3. The summed E-state index contributed by atoms with van der Waals surface area (Å²) >= 11 is 0. The summed E-state index contributed by atoms with van der Waals surface area (Å²) in [5.74, 6) is -1.44. The SMILES string of the molecule is CCCC(=O)OC[C@H]1O[C@@H](n2cccnc2=O)[C@@H](OC(=O)CCC)C1OC(=O)CCC. The molecule has 1 aromatic rings. The molecule has 0 N–H and O–H groups in total. The van der Waals surface area contributed by atoms with Crippen molar-refractivity contribution >= 4 is 17.9 Å². The van der Waals surface area contributed by atoms with E-state index in [0.717, 1.165) is 0 Å². The summed E-state index contributed by atoms with van der Waals surface area (Å²) in [4.78, 5) is 52.4. The van der Waals surface area contributed by atoms with Crippen LogP contribution in [-0.2, 0) is 33.3 Å². The van der Waals surface area contributed by atoms with Crippen LogP contribution in [0.25, 0.3) is 0 Å². The molecule has 1 aromatic heterocycles. The lowest BCUT2D eigenvalue weighted by molar-refractivity contribution is -0.169. The summed E-state index contributed by atoms with van der Waals surface area (Å²) in [5, 5.41) is 0. The molecule has 0 amide bonds. The van der Waals surface area contributed by atoms with Crippen molar-refractivity contribution < 1.29 is 33.3 Å². The number of aromatic nitrogens is 2. The monoisotopic (exact) mass is 438 g/mol. The summed E-state index contributed by atoms with van der Waals surface area (Å²) in [6.07, 6.45) is 0.889. The average molecular weight is 438 g/mol. The van der Waals surface area contributed by atoms with Gasteiger partial charge in [-0.1, -0.05) is 20.8 Å². The fourth-order valence-electron chi connectivity index (χ4n) is 3.18. The minimum absolute atomic E-state index is 0.150. The molecule has 4 atom stereocenters. The predicted octanol–water partition coefficient (Wildman–Crippen LogP) is 1.91. The summed E-state index contributed by atoms with van der Waals surface area (Å²) < 4.78 is 23.5. The molecule has 10 heteroatoms. The van der Waals surface area contributed by atoms with E-state index >= 15 is 0 Å². The second-order valence-corrected chi connectivity index (χ2v) is 7.22. The predicted molar refractivity (Wildman–Crippen MR) is 108 cm³/mol. The van der Waals surface area contributed by atoms with Crippen LogP contribution in [0.5, 0.6) is 0 Å². The first-order chi connectivity index (χ1) is 14.9. The zero-order valence-electron chi connectivity index (χ0n) is 18.2. The first-order valence-corrected chi connectivity index (χ1v) is 10.6. The van der Waals surface area contributed by atoms with Gasteiger partial charge in [0.05, 0.1) is 0 Å². The minimum atomic E-state index is -1.10. The van der Waals surface area contributed by atoms with Crippen LogP contribution in [-0.4, -0.2) is 52.4 Å². The molecule has 1 fully saturated rings. The van der Waals surface area contributed by atoms with Crippen LogP contribution in [0, 0.1) is 0 Å². The molecular formula is C21H30N2O8. The van der Waals surface area contributed by atoms with Gasteiger partial charge in [0.15, 0.2) is 18.4 Å². The molecule has 1 unspecified atom stereocenters. The molecular weight excluding hydrogens is 408 g/mol. The van der Waals surface area contributed by atoms with Crippen LogP contribution in [0.2, 0.25) is 0 Å². The highest BCUT2D eigenvalue weighted by Crippen LogP contribution is 2.34. The Bertz CT molecular complexity index is 809. The van der Waals surface area contributed by atoms with Crippen molar-refractivity contribution in [2.75, 3.05) is 6.61 Å². The Hall–Kier alpha value is -2.75. The van der Waals surface area contributed by atoms with Crippen LogP contribution in [0.4, 0.5) is 0 Å². The standard InChI is InChI=1S/C21H30N2O8/c1-4-8-15(24)28-13-14-18(30-16(25)9-5-2)19(31-17(26)10-6-3)20(29-14)23-12-7-11-22-21(23)27/h7,11-12,14,18-20H,4-6,8-10,13H2,1-3H3/t14-,18?,19+,20-/m1/s1. The van der Waals surface area contributed by atoms with E-state index in [1.807, 2.05) is 20.8 Å². The van der Waals surface area contributed by atoms with E-state index in [9.17, 15) is 19.2 Å². The second kappa shape index (κ2) is 12.2. The molecule has 31 heavy (non-hydrogen) atoms. The summed E-state index contributed by atoms with van der Waals surface area (Å²) in [6, 6.07) is 1.53. The van der Waals surface area contributed by atoms with E-state index < -0.39 is 48.1 Å². The number of ether oxygens (including phenoxy) is 4. The van der Waals surface area contributed by atoms with Crippen molar-refractivity contribution in [3.63, 3.8) is 0 Å². The van der Waals surface area contributed by atoms with Crippen LogP contribution in [0.3, 0.4) is 0 Å². The maximum absolute atomic E-state index is 12.3. The topological polar surface area (TPSA) is 123 Å². The first kappa shape index (κ1) is 24.5. The first-order valence-electron chi connectivity index (χ1n) is 10.6. The van der Waals surface area contributed by atoms with E-state index in [2.05, 4.69) is 4.98 Å². The molecule has 2 rings (SSSR count). The van der Waals surface area contributed by atoms with Gasteiger partial charge in [-0.05, 0) is 25.3 Å². The van der Waals surface area contributed by atoms with Gasteiger partial charge >= 0.3 is 23.6 Å². The number of esters is 3. The Kier molecular flexibility index (Phi) is 9.64. The van der Waals surface area contributed by atoms with Crippen LogP contribution < -0.4 is 5.69 Å². The van der Waals surface area contributed by atoms with Gasteiger partial charge in [-0.3, -0.25) is 19.0 Å². The zero-order chi connectivity index (χ0) is 22.8. The van der Waals surface area contributed by atoms with Gasteiger partial charge in [-0.2, -0.15) is 0 Å². The lowest BCUT2D eigenvalue weighted by atomic mass is 10.1. The van der Waals surface area contributed by atoms with Gasteiger partial charge in [-0.15, -0.1) is 0 Å². The van der Waals surface area contributed by atoms with E-state index in [1.165, 1.54) is 23.0 Å². The molecule has 0 aliphatic carbocycles. The Balaban J connectivity index is 2.34. The maximum Gasteiger partial charge on any atom is 0.349 e. The number of rotatable bonds is 11. The van der Waals surface area contributed by atoms with Crippen LogP contribution in [0.15, 0.2) is 23.3 Å². The van der Waals surface area contributed by atoms with E-state index in [4.69, 9.17) is 18.9 Å². The molecule has 1 aliphatic rings. The number of nitrogens with zero attached hydrogens (tertiary/aromatic N) is 2. The fraction of sp³-hybridized carbons (Fsp3) is 0.667. The minimum Gasteiger partial charge on any atom is -0.463 e. The Labute approximate surface area is 180 Å². The third-order valence-electron chi connectivity index (χ3n) is 4.60. The van der Waals surface area contributed by atoms with E-state index in [-0.39, 0.29) is 25.9 Å². The second-order valence-electron chi connectivity index (χ2n) is 7.22. The van der Waals surface area contributed by atoms with Crippen molar-refractivity contribution in [3.8, 4) is 0 Å². The highest BCUT2D eigenvalue weighted by molar-refractivity contribution is 5.71. The third kappa shape index (κ3) is 6.88. The molecule has 1 aliphatic heterocycles. The van der Waals surface area contributed by atoms with Crippen molar-refractivity contribution in [2.45, 2.75) is 83.8 Å². The molecule has 1 saturated heterocycles. The molecule has 2 heterocycles. The summed E-state index contributed by atoms with van der Waals surface area (Å²) in [7, 11) is 0. The van der Waals surface area contributed by atoms with Gasteiger partial charge in [0.25, 0.3) is 0 Å². The van der Waals surface area contributed by atoms with Crippen molar-refractivity contribution in [2.24, 2.45) is 0 Å². The van der Waals surface area contributed by atoms with Gasteiger partial charge in [-0.25, -0.2) is 9.78 Å². The van der Waals surface area contributed by atoms with E-state index in [1.54, 1.807) is 0 Å².